The smallest absolute Gasteiger partial charge is 0.220 e. The van der Waals surface area contributed by atoms with Crippen molar-refractivity contribution in [2.75, 3.05) is 47.4 Å². The maximum atomic E-state index is 11.2. The number of likely N-dealkylation sites (tertiary alicyclic amines) is 1. The number of nitrogens with one attached hydrogen (secondary N) is 2. The van der Waals surface area contributed by atoms with Gasteiger partial charge in [-0.15, -0.1) is 0 Å². The summed E-state index contributed by atoms with van der Waals surface area (Å²) in [6.07, 6.45) is 3.95. The first-order valence-corrected chi connectivity index (χ1v) is 10.2. The number of hydrogen-bond acceptors (Lipinski definition) is 5. The van der Waals surface area contributed by atoms with E-state index in [1.54, 1.807) is 21.3 Å². The Hall–Kier alpha value is -2.48. The molecule has 0 unspecified atom stereocenters. The predicted octanol–water partition coefficient (Wildman–Crippen LogP) is 1.35. The van der Waals surface area contributed by atoms with Gasteiger partial charge in [0, 0.05) is 26.1 Å². The summed E-state index contributed by atoms with van der Waals surface area (Å²) < 4.78 is 10.6. The van der Waals surface area contributed by atoms with Gasteiger partial charge in [-0.05, 0) is 63.0 Å². The van der Waals surface area contributed by atoms with Gasteiger partial charge < -0.3 is 30.7 Å². The molecule has 1 fully saturated rings. The van der Waals surface area contributed by atoms with Crippen LogP contribution in [0.15, 0.2) is 23.2 Å². The van der Waals surface area contributed by atoms with Gasteiger partial charge in [-0.1, -0.05) is 6.07 Å². The Kier molecular flexibility index (Phi) is 9.56. The Morgan fingerprint density at radius 2 is 1.90 bits per heavy atom. The number of amides is 1. The summed E-state index contributed by atoms with van der Waals surface area (Å²) in [5, 5.41) is 6.67. The zero-order valence-corrected chi connectivity index (χ0v) is 17.9. The van der Waals surface area contributed by atoms with Gasteiger partial charge in [0.25, 0.3) is 0 Å². The van der Waals surface area contributed by atoms with E-state index in [1.807, 2.05) is 18.2 Å². The largest absolute Gasteiger partial charge is 0.493 e. The number of piperidine rings is 1. The number of guanidine groups is 1. The number of unbranched alkanes of at least 4 members (excludes halogenated alkanes) is 1. The molecule has 29 heavy (non-hydrogen) atoms. The number of carbonyl (C=O) groups is 1. The van der Waals surface area contributed by atoms with Crippen LogP contribution < -0.4 is 25.8 Å². The second-order valence-corrected chi connectivity index (χ2v) is 7.27. The van der Waals surface area contributed by atoms with E-state index in [-0.39, 0.29) is 11.8 Å². The van der Waals surface area contributed by atoms with Gasteiger partial charge in [0.1, 0.15) is 0 Å². The highest BCUT2D eigenvalue weighted by atomic mass is 16.5. The summed E-state index contributed by atoms with van der Waals surface area (Å²) in [5.74, 6) is 2.13. The van der Waals surface area contributed by atoms with E-state index in [0.29, 0.717) is 6.54 Å². The van der Waals surface area contributed by atoms with Gasteiger partial charge in [-0.2, -0.15) is 0 Å². The Morgan fingerprint density at radius 3 is 2.52 bits per heavy atom. The Labute approximate surface area is 173 Å². The first-order chi connectivity index (χ1) is 14.1. The SMILES string of the molecule is CN=C(NCCCCN1CCC(C(N)=O)CC1)NCc1ccc(OC)c(OC)c1. The molecule has 1 saturated heterocycles. The molecule has 0 aliphatic carbocycles. The van der Waals surface area contributed by atoms with Crippen LogP contribution in [0, 0.1) is 5.92 Å². The molecule has 4 N–H and O–H groups in total. The molecule has 1 aliphatic heterocycles. The maximum absolute atomic E-state index is 11.2. The number of rotatable bonds is 10. The first-order valence-electron chi connectivity index (χ1n) is 10.2. The monoisotopic (exact) mass is 405 g/mol. The van der Waals surface area contributed by atoms with E-state index in [0.717, 1.165) is 74.9 Å². The molecule has 0 atom stereocenters. The zero-order valence-electron chi connectivity index (χ0n) is 17.9. The lowest BCUT2D eigenvalue weighted by Gasteiger charge is -2.30. The average Bonchev–Trinajstić information content (AvgIpc) is 2.75. The number of nitrogens with two attached hydrogens (primary N) is 1. The van der Waals surface area contributed by atoms with Gasteiger partial charge in [-0.3, -0.25) is 9.79 Å². The molecule has 8 nitrogen and oxygen atoms in total. The summed E-state index contributed by atoms with van der Waals surface area (Å²) >= 11 is 0. The molecular weight excluding hydrogens is 370 g/mol. The molecule has 8 heteroatoms. The van der Waals surface area contributed by atoms with Gasteiger partial charge >= 0.3 is 0 Å². The number of carbonyl (C=O) groups excluding carboxylic acids is 1. The van der Waals surface area contributed by atoms with Crippen molar-refractivity contribution in [1.29, 1.82) is 0 Å². The third-order valence-electron chi connectivity index (χ3n) is 5.32. The van der Waals surface area contributed by atoms with Crippen LogP contribution in [0.3, 0.4) is 0 Å². The molecule has 1 aliphatic rings. The molecule has 0 saturated carbocycles. The highest BCUT2D eigenvalue weighted by molar-refractivity contribution is 5.79. The lowest BCUT2D eigenvalue weighted by atomic mass is 9.96. The fraction of sp³-hybridized carbons (Fsp3) is 0.619. The molecule has 2 rings (SSSR count). The molecule has 1 heterocycles. The number of benzene rings is 1. The van der Waals surface area contributed by atoms with Crippen molar-refractivity contribution in [1.82, 2.24) is 15.5 Å². The van der Waals surface area contributed by atoms with Crippen molar-refractivity contribution in [2.45, 2.75) is 32.2 Å². The fourth-order valence-electron chi connectivity index (χ4n) is 3.51. The van der Waals surface area contributed by atoms with Crippen molar-refractivity contribution in [3.63, 3.8) is 0 Å². The van der Waals surface area contributed by atoms with Crippen LogP contribution in [-0.4, -0.2) is 64.2 Å². The third-order valence-corrected chi connectivity index (χ3v) is 5.32. The Bertz CT molecular complexity index is 672. The first kappa shape index (κ1) is 22.8. The minimum absolute atomic E-state index is 0.0629. The van der Waals surface area contributed by atoms with E-state index < -0.39 is 0 Å². The lowest BCUT2D eigenvalue weighted by Crippen LogP contribution is -2.39. The Balaban J connectivity index is 1.63. The number of methoxy groups -OCH3 is 2. The average molecular weight is 406 g/mol. The van der Waals surface area contributed by atoms with E-state index in [2.05, 4.69) is 20.5 Å². The molecule has 0 radical (unpaired) electrons. The fourth-order valence-corrected chi connectivity index (χ4v) is 3.51. The van der Waals surface area contributed by atoms with Crippen LogP contribution in [0.25, 0.3) is 0 Å². The molecule has 1 aromatic carbocycles. The third kappa shape index (κ3) is 7.45. The topological polar surface area (TPSA) is 101 Å². The molecule has 1 amide bonds. The summed E-state index contributed by atoms with van der Waals surface area (Å²) in [6.45, 7) is 4.51. The summed E-state index contributed by atoms with van der Waals surface area (Å²) in [6, 6.07) is 5.86. The van der Waals surface area contributed by atoms with Crippen LogP contribution in [0.2, 0.25) is 0 Å². The lowest BCUT2D eigenvalue weighted by molar-refractivity contribution is -0.123. The van der Waals surface area contributed by atoms with E-state index in [1.165, 1.54) is 0 Å². The van der Waals surface area contributed by atoms with Crippen LogP contribution in [0.5, 0.6) is 11.5 Å². The van der Waals surface area contributed by atoms with Gasteiger partial charge in [0.2, 0.25) is 5.91 Å². The Morgan fingerprint density at radius 1 is 1.17 bits per heavy atom. The molecule has 0 aromatic heterocycles. The number of primary amides is 1. The van der Waals surface area contributed by atoms with E-state index in [9.17, 15) is 4.79 Å². The summed E-state index contributed by atoms with van der Waals surface area (Å²) in [7, 11) is 5.03. The van der Waals surface area contributed by atoms with Crippen LogP contribution in [-0.2, 0) is 11.3 Å². The summed E-state index contributed by atoms with van der Waals surface area (Å²) in [5.41, 5.74) is 6.48. The minimum Gasteiger partial charge on any atom is -0.493 e. The van der Waals surface area contributed by atoms with Crippen LogP contribution in [0.4, 0.5) is 0 Å². The van der Waals surface area contributed by atoms with Gasteiger partial charge in [-0.25, -0.2) is 0 Å². The molecular formula is C21H35N5O3. The van der Waals surface area contributed by atoms with Crippen molar-refractivity contribution >= 4 is 11.9 Å². The van der Waals surface area contributed by atoms with Gasteiger partial charge in [0.05, 0.1) is 14.2 Å². The maximum Gasteiger partial charge on any atom is 0.220 e. The standard InChI is InChI=1S/C21H35N5O3/c1-23-21(25-15-16-6-7-18(28-2)19(14-16)29-3)24-10-4-5-11-26-12-8-17(9-13-26)20(22)27/h6-7,14,17H,4-5,8-13,15H2,1-3H3,(H2,22,27)(H2,23,24,25). The number of nitrogens with zero attached hydrogens (tertiary/aromatic N) is 2. The number of hydrogen-bond donors (Lipinski definition) is 3. The second-order valence-electron chi connectivity index (χ2n) is 7.27. The summed E-state index contributed by atoms with van der Waals surface area (Å²) in [4.78, 5) is 17.9. The molecule has 162 valence electrons. The van der Waals surface area contributed by atoms with Crippen molar-refractivity contribution in [3.8, 4) is 11.5 Å². The highest BCUT2D eigenvalue weighted by Gasteiger charge is 2.22. The molecule has 0 spiro atoms. The molecule has 1 aromatic rings. The molecule has 0 bridgehead atoms. The number of aliphatic imine (C=N–C) groups is 1. The van der Waals surface area contributed by atoms with Crippen molar-refractivity contribution in [3.05, 3.63) is 23.8 Å². The van der Waals surface area contributed by atoms with E-state index >= 15 is 0 Å². The number of ether oxygens (including phenoxy) is 2. The van der Waals surface area contributed by atoms with Crippen molar-refractivity contribution < 1.29 is 14.3 Å². The van der Waals surface area contributed by atoms with Crippen molar-refractivity contribution in [2.24, 2.45) is 16.6 Å². The zero-order chi connectivity index (χ0) is 21.1. The predicted molar refractivity (Wildman–Crippen MR) is 115 cm³/mol. The van der Waals surface area contributed by atoms with E-state index in [4.69, 9.17) is 15.2 Å². The quantitative estimate of drug-likeness (QED) is 0.309. The van der Waals surface area contributed by atoms with Crippen LogP contribution >= 0.6 is 0 Å². The van der Waals surface area contributed by atoms with Gasteiger partial charge in [0.15, 0.2) is 17.5 Å². The second kappa shape index (κ2) is 12.2. The van der Waals surface area contributed by atoms with Crippen LogP contribution in [0.1, 0.15) is 31.2 Å². The normalized spacial score (nSPS) is 15.8. The highest BCUT2D eigenvalue weighted by Crippen LogP contribution is 2.27. The minimum atomic E-state index is -0.152.